The standard InChI is InChI=1S/C23H15F5N6.C23H13F5N6.C7H5N.2ClH.3Pt/c2*1-22(2,16-7-4-6-14(30-16)13-10-11-18(24)32-21(13)25)17-8-5-9-19(31-17)34-12-15(29-3)20(33-34)23(26,27)28;8-6-7-4-2-1-3-5-7;;;;;/h4-12H,1-2H3;4-9,11H,1-2H3;1-5H;2*1H;;;/q;-2;;;;;2*+2/p-2. The van der Waals surface area contributed by atoms with E-state index in [1.165, 1.54) is 24.3 Å². The van der Waals surface area contributed by atoms with Gasteiger partial charge in [-0.25, -0.2) is 23.3 Å². The third kappa shape index (κ3) is 16.6. The van der Waals surface area contributed by atoms with E-state index < -0.39 is 86.2 Å². The molecule has 0 saturated carbocycles. The Bertz CT molecular complexity index is 3530. The van der Waals surface area contributed by atoms with E-state index in [-0.39, 0.29) is 76.3 Å². The van der Waals surface area contributed by atoms with Gasteiger partial charge in [0.25, 0.3) is 0 Å². The van der Waals surface area contributed by atoms with E-state index in [9.17, 15) is 43.9 Å². The van der Waals surface area contributed by atoms with E-state index in [0.717, 1.165) is 27.7 Å². The molecule has 0 aliphatic heterocycles. The van der Waals surface area contributed by atoms with Gasteiger partial charge in [-0.05, 0) is 94.1 Å². The molecule has 8 aromatic heterocycles. The van der Waals surface area contributed by atoms with E-state index in [2.05, 4.69) is 62.1 Å². The largest absolute Gasteiger partial charge is 2.00 e. The number of nitriles is 1. The van der Waals surface area contributed by atoms with Gasteiger partial charge in [-0.15, -0.1) is 6.07 Å². The summed E-state index contributed by atoms with van der Waals surface area (Å²) in [6.45, 7) is 21.1. The van der Waals surface area contributed by atoms with Gasteiger partial charge in [0.05, 0.1) is 58.9 Å². The topological polar surface area (TPSA) is 145 Å². The van der Waals surface area contributed by atoms with E-state index in [0.29, 0.717) is 28.3 Å². The fourth-order valence-electron chi connectivity index (χ4n) is 7.04. The van der Waals surface area contributed by atoms with E-state index >= 15 is 0 Å². The van der Waals surface area contributed by atoms with Crippen LogP contribution in [0.5, 0.6) is 0 Å². The molecule has 13 nitrogen and oxygen atoms in total. The molecule has 0 atom stereocenters. The Labute approximate surface area is 501 Å². The first kappa shape index (κ1) is 66.5. The normalized spacial score (nSPS) is 11.1. The number of halogens is 12. The molecule has 424 valence electrons. The fourth-order valence-corrected chi connectivity index (χ4v) is 7.04. The molecule has 0 fully saturated rings. The minimum Gasteiger partial charge on any atom is 0 e. The number of nitrogens with zero attached hydrogens (tertiary/aromatic N) is 13. The molecule has 0 radical (unpaired) electrons. The molecule has 1 aromatic carbocycles. The quantitative estimate of drug-likeness (QED) is 0.0824. The van der Waals surface area contributed by atoms with Crippen molar-refractivity contribution in [1.29, 1.82) is 5.26 Å². The van der Waals surface area contributed by atoms with Crippen molar-refractivity contribution >= 4 is 30.2 Å². The summed E-state index contributed by atoms with van der Waals surface area (Å²) >= 11 is -0.472. The number of hydrogen-bond acceptors (Lipinski definition) is 9. The first-order valence-corrected chi connectivity index (χ1v) is 27.8. The van der Waals surface area contributed by atoms with E-state index in [1.54, 1.807) is 94.4 Å². The molecule has 8 heterocycles. The molecule has 9 aromatic rings. The molecule has 0 saturated heterocycles. The zero-order valence-corrected chi connectivity index (χ0v) is 49.8. The van der Waals surface area contributed by atoms with Crippen LogP contribution in [0.2, 0.25) is 0 Å². The predicted octanol–water partition coefficient (Wildman–Crippen LogP) is 14.3. The molecule has 0 amide bonds. The van der Waals surface area contributed by atoms with Crippen molar-refractivity contribution in [2.24, 2.45) is 0 Å². The zero-order valence-electron chi connectivity index (χ0n) is 41.4. The fraction of sp³-hybridized carbons (Fsp3) is 0.151. The molecule has 28 heteroatoms. The molecule has 0 spiro atoms. The molecule has 0 N–H and O–H groups in total. The van der Waals surface area contributed by atoms with Gasteiger partial charge >= 0.3 is 68.7 Å². The molecule has 0 aliphatic carbocycles. The van der Waals surface area contributed by atoms with Crippen LogP contribution in [0.25, 0.3) is 43.8 Å². The minimum atomic E-state index is -4.82. The van der Waals surface area contributed by atoms with Gasteiger partial charge in [0.15, 0.2) is 11.5 Å². The summed E-state index contributed by atoms with van der Waals surface area (Å²) in [5, 5.41) is 15.2. The van der Waals surface area contributed by atoms with Crippen molar-refractivity contribution in [3.05, 3.63) is 226 Å². The Hall–Kier alpha value is -7.05. The maximum atomic E-state index is 14.2. The maximum absolute atomic E-state index is 14.2. The molecular formula is C53H33Cl2F10N13Pt3. The molecule has 81 heavy (non-hydrogen) atoms. The van der Waals surface area contributed by atoms with Gasteiger partial charge < -0.3 is 9.67 Å². The zero-order chi connectivity index (χ0) is 57.9. The Morgan fingerprint density at radius 3 is 1.58 bits per heavy atom. The average Bonchev–Trinajstić information content (AvgIpc) is 4.11. The third-order valence-electron chi connectivity index (χ3n) is 11.1. The first-order chi connectivity index (χ1) is 37.3. The van der Waals surface area contributed by atoms with Crippen LogP contribution in [0.1, 0.15) is 67.4 Å². The Balaban J connectivity index is 0.000000287. The van der Waals surface area contributed by atoms with Crippen LogP contribution in [0.3, 0.4) is 0 Å². The van der Waals surface area contributed by atoms with Gasteiger partial charge in [-0.3, -0.25) is 24.9 Å². The SMILES string of the molecule is N#Cc1ccccc1.[C-]#[N+]c1[c-]n(-c2cccc(C(C)(C)c3cccc(-c4[c-]cc(F)nc4F)n3)n2)nc1C(F)(F)F.[C-]#[N+]c1cn(-c2cccc(C(C)(C)c3cccc(-c4ccc(F)nc4F)n3)n2)nc1C(F)(F)F.[Cl][Pt][Cl].[Pt+2].[Pt]. The smallest absolute Gasteiger partial charge is 0 e. The maximum Gasteiger partial charge on any atom is 2.00 e. The van der Waals surface area contributed by atoms with Crippen molar-refractivity contribution in [2.75, 3.05) is 0 Å². The molecule has 0 unspecified atom stereocenters. The molecular weight excluding hydrogens is 1660 g/mol. The molecule has 0 bridgehead atoms. The summed E-state index contributed by atoms with van der Waals surface area (Å²) in [5.41, 5.74) is -2.98. The monoisotopic (exact) mass is 1700 g/mol. The van der Waals surface area contributed by atoms with Crippen molar-refractivity contribution in [3.63, 3.8) is 0 Å². The Kier molecular flexibility index (Phi) is 23.5. The number of aromatic nitrogens is 10. The summed E-state index contributed by atoms with van der Waals surface area (Å²) < 4.78 is 135. The van der Waals surface area contributed by atoms with Crippen LogP contribution in [-0.2, 0) is 81.8 Å². The minimum absolute atomic E-state index is 0. The van der Waals surface area contributed by atoms with Gasteiger partial charge in [-0.1, -0.05) is 72.4 Å². The summed E-state index contributed by atoms with van der Waals surface area (Å²) in [7, 11) is 9.75. The Morgan fingerprint density at radius 2 is 1.10 bits per heavy atom. The number of benzene rings is 1. The van der Waals surface area contributed by atoms with Crippen LogP contribution < -0.4 is 0 Å². The predicted molar refractivity (Wildman–Crippen MR) is 265 cm³/mol. The number of rotatable bonds is 8. The number of pyridine rings is 6. The second kappa shape index (κ2) is 28.6. The van der Waals surface area contributed by atoms with Crippen LogP contribution in [0, 0.1) is 60.5 Å². The molecule has 0 aliphatic rings. The van der Waals surface area contributed by atoms with Gasteiger partial charge in [0.1, 0.15) is 17.6 Å². The van der Waals surface area contributed by atoms with Crippen molar-refractivity contribution in [1.82, 2.24) is 49.5 Å². The van der Waals surface area contributed by atoms with Crippen molar-refractivity contribution in [2.45, 2.75) is 50.9 Å². The van der Waals surface area contributed by atoms with Crippen LogP contribution in [0.4, 0.5) is 55.3 Å². The van der Waals surface area contributed by atoms with Gasteiger partial charge in [0, 0.05) is 49.5 Å². The van der Waals surface area contributed by atoms with Gasteiger partial charge in [-0.2, -0.15) is 50.5 Å². The first-order valence-electron chi connectivity index (χ1n) is 22.1. The van der Waals surface area contributed by atoms with Crippen molar-refractivity contribution in [3.8, 4) is 40.2 Å². The number of alkyl halides is 6. The second-order valence-electron chi connectivity index (χ2n) is 17.0. The summed E-state index contributed by atoms with van der Waals surface area (Å²) in [4.78, 5) is 29.9. The summed E-state index contributed by atoms with van der Waals surface area (Å²) in [6.07, 6.45) is -6.34. The second-order valence-corrected chi connectivity index (χ2v) is 20.2. The summed E-state index contributed by atoms with van der Waals surface area (Å²) in [6, 6.07) is 35.9. The average molecular weight is 1700 g/mol. The van der Waals surface area contributed by atoms with Crippen LogP contribution in [0.15, 0.2) is 128 Å². The third-order valence-corrected chi connectivity index (χ3v) is 11.1. The molecule has 9 rings (SSSR count). The number of hydrogen-bond donors (Lipinski definition) is 0. The van der Waals surface area contributed by atoms with Crippen molar-refractivity contribution < 1.29 is 103 Å². The van der Waals surface area contributed by atoms with Gasteiger partial charge in [0.2, 0.25) is 17.6 Å². The van der Waals surface area contributed by atoms with Crippen LogP contribution >= 0.6 is 18.8 Å². The van der Waals surface area contributed by atoms with E-state index in [4.69, 9.17) is 37.2 Å². The summed E-state index contributed by atoms with van der Waals surface area (Å²) in [5.74, 6) is -3.93. The Morgan fingerprint density at radius 1 is 0.593 bits per heavy atom. The van der Waals surface area contributed by atoms with Crippen LogP contribution in [-0.4, -0.2) is 49.5 Å². The van der Waals surface area contributed by atoms with E-state index in [1.807, 2.05) is 24.3 Å².